The van der Waals surface area contributed by atoms with Gasteiger partial charge >= 0.3 is 0 Å². The molecule has 104 valence electrons. The van der Waals surface area contributed by atoms with Crippen molar-refractivity contribution in [3.8, 4) is 0 Å². The maximum atomic E-state index is 5.67. The third-order valence-electron chi connectivity index (χ3n) is 2.67. The summed E-state index contributed by atoms with van der Waals surface area (Å²) in [7, 11) is 1.91. The molecule has 0 saturated heterocycles. The van der Waals surface area contributed by atoms with Crippen molar-refractivity contribution in [1.82, 2.24) is 5.32 Å². The third kappa shape index (κ3) is 5.67. The number of nitrogens with one attached hydrogen (secondary N) is 1. The molecule has 0 unspecified atom stereocenters. The van der Waals surface area contributed by atoms with Gasteiger partial charge < -0.3 is 19.2 Å². The first kappa shape index (κ1) is 15.2. The number of aryl methyl sites for hydroxylation is 1. The van der Waals surface area contributed by atoms with E-state index in [-0.39, 0.29) is 0 Å². The number of rotatable bonds is 10. The largest absolute Gasteiger partial charge is 0.462 e. The van der Waals surface area contributed by atoms with E-state index in [1.165, 1.54) is 12.0 Å². The van der Waals surface area contributed by atoms with E-state index in [1.807, 2.05) is 20.0 Å². The summed E-state index contributed by atoms with van der Waals surface area (Å²) in [4.78, 5) is 0. The summed E-state index contributed by atoms with van der Waals surface area (Å²) in [5.74, 6) is 1.86. The van der Waals surface area contributed by atoms with E-state index in [4.69, 9.17) is 13.9 Å². The SMILES string of the molecule is CCCCOCCOCc1cc(C)c(CNC)o1. The Labute approximate surface area is 110 Å². The van der Waals surface area contributed by atoms with E-state index in [1.54, 1.807) is 0 Å². The van der Waals surface area contributed by atoms with Crippen LogP contribution in [0.25, 0.3) is 0 Å². The van der Waals surface area contributed by atoms with Gasteiger partial charge in [-0.05, 0) is 32.0 Å². The Kier molecular flexibility index (Phi) is 7.73. The van der Waals surface area contributed by atoms with Crippen LogP contribution in [0.3, 0.4) is 0 Å². The summed E-state index contributed by atoms with van der Waals surface area (Å²) in [5.41, 5.74) is 1.17. The first-order valence-corrected chi connectivity index (χ1v) is 6.66. The molecule has 0 radical (unpaired) electrons. The number of ether oxygens (including phenoxy) is 2. The molecule has 1 rings (SSSR count). The lowest BCUT2D eigenvalue weighted by molar-refractivity contribution is 0.0336. The van der Waals surface area contributed by atoms with Gasteiger partial charge in [-0.3, -0.25) is 0 Å². The zero-order valence-electron chi connectivity index (χ0n) is 11.8. The molecule has 4 heteroatoms. The number of hydrogen-bond donors (Lipinski definition) is 1. The molecule has 1 aromatic heterocycles. The van der Waals surface area contributed by atoms with Crippen molar-refractivity contribution >= 4 is 0 Å². The summed E-state index contributed by atoms with van der Waals surface area (Å²) in [5, 5.41) is 3.08. The van der Waals surface area contributed by atoms with Gasteiger partial charge in [0, 0.05) is 6.61 Å². The van der Waals surface area contributed by atoms with Crippen LogP contribution in [0, 0.1) is 6.92 Å². The Morgan fingerprint density at radius 1 is 1.22 bits per heavy atom. The normalized spacial score (nSPS) is 11.1. The average molecular weight is 255 g/mol. The topological polar surface area (TPSA) is 43.6 Å². The molecule has 1 heterocycles. The highest BCUT2D eigenvalue weighted by molar-refractivity contribution is 5.19. The second kappa shape index (κ2) is 9.14. The predicted octanol–water partition coefficient (Wildman–Crippen LogP) is 2.64. The van der Waals surface area contributed by atoms with Crippen molar-refractivity contribution in [3.05, 3.63) is 23.2 Å². The predicted molar refractivity (Wildman–Crippen MR) is 71.6 cm³/mol. The van der Waals surface area contributed by atoms with Crippen LogP contribution in [0.1, 0.15) is 36.8 Å². The Balaban J connectivity index is 2.13. The second-order valence-corrected chi connectivity index (χ2v) is 4.37. The van der Waals surface area contributed by atoms with Crippen LogP contribution < -0.4 is 5.32 Å². The van der Waals surface area contributed by atoms with Gasteiger partial charge in [0.25, 0.3) is 0 Å². The van der Waals surface area contributed by atoms with Crippen LogP contribution in [-0.2, 0) is 22.6 Å². The molecule has 0 aliphatic carbocycles. The fraction of sp³-hybridized carbons (Fsp3) is 0.714. The molecular formula is C14H25NO3. The summed E-state index contributed by atoms with van der Waals surface area (Å²) in [6.07, 6.45) is 2.28. The quantitative estimate of drug-likeness (QED) is 0.653. The Hall–Kier alpha value is -0.840. The minimum absolute atomic E-state index is 0.516. The van der Waals surface area contributed by atoms with Gasteiger partial charge in [0.05, 0.1) is 19.8 Å². The molecule has 0 bridgehead atoms. The van der Waals surface area contributed by atoms with Gasteiger partial charge in [-0.2, -0.15) is 0 Å². The molecule has 0 aliphatic rings. The first-order chi connectivity index (χ1) is 8.77. The average Bonchev–Trinajstić information content (AvgIpc) is 2.70. The van der Waals surface area contributed by atoms with E-state index >= 15 is 0 Å². The Morgan fingerprint density at radius 2 is 2.00 bits per heavy atom. The molecule has 0 atom stereocenters. The van der Waals surface area contributed by atoms with Crippen molar-refractivity contribution in [2.45, 2.75) is 39.8 Å². The highest BCUT2D eigenvalue weighted by atomic mass is 16.5. The molecule has 0 fully saturated rings. The van der Waals surface area contributed by atoms with Crippen molar-refractivity contribution in [3.63, 3.8) is 0 Å². The van der Waals surface area contributed by atoms with E-state index in [9.17, 15) is 0 Å². The molecule has 0 saturated carbocycles. The van der Waals surface area contributed by atoms with Gasteiger partial charge in [0.15, 0.2) is 0 Å². The van der Waals surface area contributed by atoms with E-state index in [0.29, 0.717) is 19.8 Å². The van der Waals surface area contributed by atoms with Crippen molar-refractivity contribution in [2.75, 3.05) is 26.9 Å². The summed E-state index contributed by atoms with van der Waals surface area (Å²) >= 11 is 0. The Bertz CT molecular complexity index is 323. The molecule has 1 aromatic rings. The monoisotopic (exact) mass is 255 g/mol. The first-order valence-electron chi connectivity index (χ1n) is 6.66. The lowest BCUT2D eigenvalue weighted by Crippen LogP contribution is -2.05. The molecule has 1 N–H and O–H groups in total. The van der Waals surface area contributed by atoms with Crippen LogP contribution in [0.2, 0.25) is 0 Å². The van der Waals surface area contributed by atoms with Crippen LogP contribution in [-0.4, -0.2) is 26.9 Å². The summed E-state index contributed by atoms with van der Waals surface area (Å²) in [6.45, 7) is 7.57. The molecular weight excluding hydrogens is 230 g/mol. The summed E-state index contributed by atoms with van der Waals surface area (Å²) in [6, 6.07) is 2.03. The molecule has 0 spiro atoms. The molecule has 0 aromatic carbocycles. The van der Waals surface area contributed by atoms with Gasteiger partial charge in [-0.15, -0.1) is 0 Å². The number of furan rings is 1. The van der Waals surface area contributed by atoms with Crippen molar-refractivity contribution in [1.29, 1.82) is 0 Å². The summed E-state index contributed by atoms with van der Waals surface area (Å²) < 4.78 is 16.6. The second-order valence-electron chi connectivity index (χ2n) is 4.37. The van der Waals surface area contributed by atoms with Crippen LogP contribution >= 0.6 is 0 Å². The molecule has 0 amide bonds. The fourth-order valence-corrected chi connectivity index (χ4v) is 1.64. The van der Waals surface area contributed by atoms with E-state index in [2.05, 4.69) is 12.2 Å². The smallest absolute Gasteiger partial charge is 0.130 e. The maximum absolute atomic E-state index is 5.67. The minimum atomic E-state index is 0.516. The van der Waals surface area contributed by atoms with Gasteiger partial charge in [-0.1, -0.05) is 13.3 Å². The Morgan fingerprint density at radius 3 is 2.72 bits per heavy atom. The zero-order chi connectivity index (χ0) is 13.2. The molecule has 18 heavy (non-hydrogen) atoms. The van der Waals surface area contributed by atoms with Crippen molar-refractivity contribution in [2.24, 2.45) is 0 Å². The number of unbranched alkanes of at least 4 members (excludes halogenated alkanes) is 1. The zero-order valence-corrected chi connectivity index (χ0v) is 11.8. The minimum Gasteiger partial charge on any atom is -0.462 e. The molecule has 0 aliphatic heterocycles. The standard InChI is InChI=1S/C14H25NO3/c1-4-5-6-16-7-8-17-11-13-9-12(2)14(18-13)10-15-3/h9,15H,4-8,10-11H2,1-3H3. The van der Waals surface area contributed by atoms with Gasteiger partial charge in [0.2, 0.25) is 0 Å². The lowest BCUT2D eigenvalue weighted by Gasteiger charge is -2.03. The van der Waals surface area contributed by atoms with Crippen LogP contribution in [0.4, 0.5) is 0 Å². The maximum Gasteiger partial charge on any atom is 0.130 e. The number of hydrogen-bond acceptors (Lipinski definition) is 4. The van der Waals surface area contributed by atoms with Crippen molar-refractivity contribution < 1.29 is 13.9 Å². The fourth-order valence-electron chi connectivity index (χ4n) is 1.64. The van der Waals surface area contributed by atoms with Gasteiger partial charge in [0.1, 0.15) is 18.1 Å². The highest BCUT2D eigenvalue weighted by Crippen LogP contribution is 2.15. The third-order valence-corrected chi connectivity index (χ3v) is 2.67. The molecule has 4 nitrogen and oxygen atoms in total. The van der Waals surface area contributed by atoms with E-state index in [0.717, 1.165) is 31.1 Å². The lowest BCUT2D eigenvalue weighted by atomic mass is 10.2. The van der Waals surface area contributed by atoms with E-state index < -0.39 is 0 Å². The highest BCUT2D eigenvalue weighted by Gasteiger charge is 2.06. The van der Waals surface area contributed by atoms with Crippen LogP contribution in [0.15, 0.2) is 10.5 Å². The van der Waals surface area contributed by atoms with Gasteiger partial charge in [-0.25, -0.2) is 0 Å². The van der Waals surface area contributed by atoms with Crippen LogP contribution in [0.5, 0.6) is 0 Å².